The van der Waals surface area contributed by atoms with Crippen LogP contribution >= 0.6 is 0 Å². The molecule has 4 rings (SSSR count). The molecule has 0 spiro atoms. The van der Waals surface area contributed by atoms with Gasteiger partial charge in [-0.1, -0.05) is 66.6 Å². The molecule has 152 valence electrons. The van der Waals surface area contributed by atoms with Crippen LogP contribution in [0, 0.1) is 12.3 Å². The SMILES string of the molecule is C#CCO[C@@H]1O[C@@H]2COC(c3ccccc3)O[C@H]2[C@H](OCc2ccccc2)[C@@H]1O. The number of aliphatic hydroxyl groups excluding tert-OH is 1. The molecule has 29 heavy (non-hydrogen) atoms. The zero-order valence-electron chi connectivity index (χ0n) is 15.9. The predicted octanol–water partition coefficient (Wildman–Crippen LogP) is 2.42. The second-order valence-corrected chi connectivity index (χ2v) is 6.99. The molecule has 2 aromatic carbocycles. The van der Waals surface area contributed by atoms with Crippen molar-refractivity contribution in [2.24, 2.45) is 0 Å². The topological polar surface area (TPSA) is 66.4 Å². The molecular formula is C23H24O6. The third kappa shape index (κ3) is 4.68. The van der Waals surface area contributed by atoms with Gasteiger partial charge in [-0.2, -0.15) is 0 Å². The molecule has 2 fully saturated rings. The highest BCUT2D eigenvalue weighted by molar-refractivity contribution is 5.17. The molecular weight excluding hydrogens is 372 g/mol. The highest BCUT2D eigenvalue weighted by Crippen LogP contribution is 2.35. The minimum atomic E-state index is -1.05. The summed E-state index contributed by atoms with van der Waals surface area (Å²) in [5.41, 5.74) is 1.89. The molecule has 6 heteroatoms. The first-order chi connectivity index (χ1) is 14.3. The maximum Gasteiger partial charge on any atom is 0.187 e. The molecule has 2 aromatic rings. The molecule has 2 saturated heterocycles. The lowest BCUT2D eigenvalue weighted by Gasteiger charge is -2.47. The first kappa shape index (κ1) is 20.0. The van der Waals surface area contributed by atoms with Gasteiger partial charge in [-0.05, 0) is 5.56 Å². The van der Waals surface area contributed by atoms with E-state index < -0.39 is 37.0 Å². The summed E-state index contributed by atoms with van der Waals surface area (Å²) < 4.78 is 29.5. The summed E-state index contributed by atoms with van der Waals surface area (Å²) >= 11 is 0. The lowest BCUT2D eigenvalue weighted by molar-refractivity contribution is -0.365. The van der Waals surface area contributed by atoms with Crippen molar-refractivity contribution < 1.29 is 28.8 Å². The van der Waals surface area contributed by atoms with Gasteiger partial charge >= 0.3 is 0 Å². The number of ether oxygens (including phenoxy) is 5. The number of hydrogen-bond donors (Lipinski definition) is 1. The Morgan fingerprint density at radius 1 is 1.00 bits per heavy atom. The molecule has 0 aromatic heterocycles. The van der Waals surface area contributed by atoms with Gasteiger partial charge in [-0.15, -0.1) is 6.42 Å². The third-order valence-electron chi connectivity index (χ3n) is 5.00. The molecule has 0 radical (unpaired) electrons. The van der Waals surface area contributed by atoms with Crippen LogP contribution in [0.4, 0.5) is 0 Å². The van der Waals surface area contributed by atoms with E-state index in [0.29, 0.717) is 6.61 Å². The summed E-state index contributed by atoms with van der Waals surface area (Å²) in [6, 6.07) is 19.4. The fourth-order valence-corrected chi connectivity index (χ4v) is 3.57. The van der Waals surface area contributed by atoms with E-state index in [4.69, 9.17) is 30.1 Å². The maximum absolute atomic E-state index is 10.9. The van der Waals surface area contributed by atoms with Crippen LogP contribution < -0.4 is 0 Å². The minimum Gasteiger partial charge on any atom is -0.385 e. The van der Waals surface area contributed by atoms with Crippen molar-refractivity contribution in [3.05, 3.63) is 71.8 Å². The zero-order chi connectivity index (χ0) is 20.1. The van der Waals surface area contributed by atoms with Crippen LogP contribution in [0.1, 0.15) is 17.4 Å². The number of terminal acetylenes is 1. The van der Waals surface area contributed by atoms with E-state index in [1.807, 2.05) is 60.7 Å². The van der Waals surface area contributed by atoms with E-state index in [1.54, 1.807) is 0 Å². The van der Waals surface area contributed by atoms with Crippen LogP contribution in [0.2, 0.25) is 0 Å². The Labute approximate surface area is 170 Å². The van der Waals surface area contributed by atoms with E-state index in [2.05, 4.69) is 5.92 Å². The van der Waals surface area contributed by atoms with Crippen LogP contribution in [-0.2, 0) is 30.3 Å². The predicted molar refractivity (Wildman–Crippen MR) is 104 cm³/mol. The molecule has 0 amide bonds. The van der Waals surface area contributed by atoms with Crippen molar-refractivity contribution in [2.45, 2.75) is 43.6 Å². The number of hydrogen-bond acceptors (Lipinski definition) is 6. The van der Waals surface area contributed by atoms with E-state index in [-0.39, 0.29) is 13.2 Å². The monoisotopic (exact) mass is 396 g/mol. The van der Waals surface area contributed by atoms with Crippen molar-refractivity contribution in [1.82, 2.24) is 0 Å². The Kier molecular flexibility index (Phi) is 6.57. The summed E-state index contributed by atoms with van der Waals surface area (Å²) in [5.74, 6) is 2.39. The molecule has 2 aliphatic heterocycles. The summed E-state index contributed by atoms with van der Waals surface area (Å²) in [5, 5.41) is 10.9. The van der Waals surface area contributed by atoms with Gasteiger partial charge in [0.25, 0.3) is 0 Å². The van der Waals surface area contributed by atoms with E-state index in [1.165, 1.54) is 0 Å². The van der Waals surface area contributed by atoms with Crippen LogP contribution in [-0.4, -0.2) is 49.0 Å². The number of rotatable bonds is 6. The molecule has 1 N–H and O–H groups in total. The lowest BCUT2D eigenvalue weighted by atomic mass is 9.97. The summed E-state index contributed by atoms with van der Waals surface area (Å²) in [6.45, 7) is 0.644. The average Bonchev–Trinajstić information content (AvgIpc) is 2.78. The van der Waals surface area contributed by atoms with Crippen molar-refractivity contribution >= 4 is 0 Å². The van der Waals surface area contributed by atoms with Gasteiger partial charge in [0.2, 0.25) is 0 Å². The summed E-state index contributed by atoms with van der Waals surface area (Å²) in [7, 11) is 0. The number of fused-ring (bicyclic) bond motifs is 1. The van der Waals surface area contributed by atoms with Gasteiger partial charge in [-0.25, -0.2) is 0 Å². The van der Waals surface area contributed by atoms with Gasteiger partial charge in [-0.3, -0.25) is 0 Å². The average molecular weight is 396 g/mol. The Morgan fingerprint density at radius 2 is 1.72 bits per heavy atom. The second-order valence-electron chi connectivity index (χ2n) is 6.99. The molecule has 6 nitrogen and oxygen atoms in total. The van der Waals surface area contributed by atoms with Crippen LogP contribution in [0.5, 0.6) is 0 Å². The fraction of sp³-hybridized carbons (Fsp3) is 0.391. The Balaban J connectivity index is 1.52. The third-order valence-corrected chi connectivity index (χ3v) is 5.00. The van der Waals surface area contributed by atoms with Crippen LogP contribution in [0.3, 0.4) is 0 Å². The quantitative estimate of drug-likeness (QED) is 0.757. The largest absolute Gasteiger partial charge is 0.385 e. The maximum atomic E-state index is 10.9. The van der Waals surface area contributed by atoms with E-state index in [0.717, 1.165) is 11.1 Å². The Bertz CT molecular complexity index is 805. The highest BCUT2D eigenvalue weighted by atomic mass is 16.8. The molecule has 1 unspecified atom stereocenters. The van der Waals surface area contributed by atoms with Gasteiger partial charge < -0.3 is 28.8 Å². The summed E-state index contributed by atoms with van der Waals surface area (Å²) in [4.78, 5) is 0. The van der Waals surface area contributed by atoms with E-state index >= 15 is 0 Å². The lowest BCUT2D eigenvalue weighted by Crippen LogP contribution is -2.63. The fourth-order valence-electron chi connectivity index (χ4n) is 3.57. The Morgan fingerprint density at radius 3 is 2.45 bits per heavy atom. The molecule has 0 bridgehead atoms. The van der Waals surface area contributed by atoms with Crippen molar-refractivity contribution in [2.75, 3.05) is 13.2 Å². The zero-order valence-corrected chi connectivity index (χ0v) is 15.9. The first-order valence-corrected chi connectivity index (χ1v) is 9.62. The Hall–Kier alpha value is -2.24. The molecule has 6 atom stereocenters. The molecule has 2 heterocycles. The standard InChI is InChI=1S/C23H24O6/c1-2-13-25-23-19(24)21(26-14-16-9-5-3-6-10-16)20-18(28-23)15-27-22(29-20)17-11-7-4-8-12-17/h1,3-12,18-24H,13-15H2/t18-,19+,20-,21-,22?,23-/m1/s1. The van der Waals surface area contributed by atoms with Crippen molar-refractivity contribution in [3.8, 4) is 12.3 Å². The highest BCUT2D eigenvalue weighted by Gasteiger charge is 2.50. The van der Waals surface area contributed by atoms with Gasteiger partial charge in [0.05, 0.1) is 13.2 Å². The van der Waals surface area contributed by atoms with Gasteiger partial charge in [0.15, 0.2) is 12.6 Å². The number of aliphatic hydroxyl groups is 1. The van der Waals surface area contributed by atoms with Crippen molar-refractivity contribution in [3.63, 3.8) is 0 Å². The molecule has 0 aliphatic carbocycles. The summed E-state index contributed by atoms with van der Waals surface area (Å²) in [6.07, 6.45) is 1.15. The van der Waals surface area contributed by atoms with E-state index in [9.17, 15) is 5.11 Å². The van der Waals surface area contributed by atoms with Crippen LogP contribution in [0.25, 0.3) is 0 Å². The molecule has 0 saturated carbocycles. The van der Waals surface area contributed by atoms with Crippen LogP contribution in [0.15, 0.2) is 60.7 Å². The smallest absolute Gasteiger partial charge is 0.187 e. The van der Waals surface area contributed by atoms with Gasteiger partial charge in [0, 0.05) is 5.56 Å². The minimum absolute atomic E-state index is 0.0267. The molecule has 2 aliphatic rings. The second kappa shape index (κ2) is 9.51. The normalized spacial score (nSPS) is 31.6. The first-order valence-electron chi connectivity index (χ1n) is 9.62. The van der Waals surface area contributed by atoms with Gasteiger partial charge in [0.1, 0.15) is 31.0 Å². The van der Waals surface area contributed by atoms with Crippen molar-refractivity contribution in [1.29, 1.82) is 0 Å². The number of benzene rings is 2.